The van der Waals surface area contributed by atoms with Crippen LogP contribution in [0.25, 0.3) is 11.0 Å². The van der Waals surface area contributed by atoms with Gasteiger partial charge < -0.3 is 14.5 Å². The highest BCUT2D eigenvalue weighted by Crippen LogP contribution is 2.30. The van der Waals surface area contributed by atoms with Crippen molar-refractivity contribution < 1.29 is 13.9 Å². The van der Waals surface area contributed by atoms with E-state index in [9.17, 15) is 4.79 Å². The summed E-state index contributed by atoms with van der Waals surface area (Å²) in [6.45, 7) is 5.31. The minimum absolute atomic E-state index is 0.0524. The molecule has 0 bridgehead atoms. The molecule has 1 amide bonds. The lowest BCUT2D eigenvalue weighted by Crippen LogP contribution is -2.43. The Morgan fingerprint density at radius 3 is 2.84 bits per heavy atom. The summed E-state index contributed by atoms with van der Waals surface area (Å²) in [7, 11) is 0. The molecule has 32 heavy (non-hydrogen) atoms. The molecule has 2 aromatic heterocycles. The zero-order valence-corrected chi connectivity index (χ0v) is 18.3. The van der Waals surface area contributed by atoms with Crippen LogP contribution in [0, 0.1) is 0 Å². The normalized spacial score (nSPS) is 20.0. The number of carbonyl (C=O) groups is 1. The number of hydrogen-bond acceptors (Lipinski definition) is 7. The molecule has 3 N–H and O–H groups in total. The van der Waals surface area contributed by atoms with Crippen molar-refractivity contribution in [1.82, 2.24) is 26.1 Å². The number of benzene rings is 1. The van der Waals surface area contributed by atoms with Gasteiger partial charge in [0.2, 0.25) is 11.8 Å². The average Bonchev–Trinajstić information content (AvgIpc) is 3.46. The molecule has 2 fully saturated rings. The minimum Gasteiger partial charge on any atom is -0.464 e. The van der Waals surface area contributed by atoms with Gasteiger partial charge in [-0.15, -0.1) is 0 Å². The molecule has 2 saturated heterocycles. The molecule has 0 spiro atoms. The van der Waals surface area contributed by atoms with E-state index in [-0.39, 0.29) is 5.91 Å². The Kier molecular flexibility index (Phi) is 6.07. The highest BCUT2D eigenvalue weighted by Gasteiger charge is 2.21. The number of nitrogens with one attached hydrogen (secondary N) is 3. The fourth-order valence-electron chi connectivity index (χ4n) is 4.53. The highest BCUT2D eigenvalue weighted by molar-refractivity contribution is 5.82. The molecular formula is C24H29N5O3. The van der Waals surface area contributed by atoms with E-state index in [2.05, 4.69) is 32.1 Å². The van der Waals surface area contributed by atoms with Crippen LogP contribution in [-0.2, 0) is 11.3 Å². The summed E-state index contributed by atoms with van der Waals surface area (Å²) < 4.78 is 11.8. The summed E-state index contributed by atoms with van der Waals surface area (Å²) in [5, 5.41) is 4.13. The average molecular weight is 436 g/mol. The van der Waals surface area contributed by atoms with Gasteiger partial charge in [-0.2, -0.15) is 0 Å². The van der Waals surface area contributed by atoms with Crippen LogP contribution < -0.4 is 20.9 Å². The molecule has 1 unspecified atom stereocenters. The van der Waals surface area contributed by atoms with Crippen molar-refractivity contribution in [2.45, 2.75) is 44.8 Å². The third-order valence-corrected chi connectivity index (χ3v) is 6.23. The van der Waals surface area contributed by atoms with Crippen molar-refractivity contribution in [2.24, 2.45) is 0 Å². The summed E-state index contributed by atoms with van der Waals surface area (Å²) in [6.07, 6.45) is 6.70. The van der Waals surface area contributed by atoms with Gasteiger partial charge >= 0.3 is 0 Å². The topological polar surface area (TPSA) is 91.7 Å². The molecule has 168 valence electrons. The Hall–Kier alpha value is -2.94. The number of furan rings is 1. The van der Waals surface area contributed by atoms with Crippen LogP contribution in [0.4, 0.5) is 0 Å². The molecular weight excluding hydrogens is 406 g/mol. The molecule has 4 heterocycles. The van der Waals surface area contributed by atoms with Gasteiger partial charge in [0.15, 0.2) is 0 Å². The van der Waals surface area contributed by atoms with E-state index in [1.807, 2.05) is 36.7 Å². The summed E-state index contributed by atoms with van der Waals surface area (Å²) in [4.78, 5) is 18.1. The quantitative estimate of drug-likeness (QED) is 0.547. The van der Waals surface area contributed by atoms with Crippen molar-refractivity contribution >= 4 is 16.9 Å². The van der Waals surface area contributed by atoms with Crippen molar-refractivity contribution in [2.75, 3.05) is 19.6 Å². The number of amides is 1. The maximum absolute atomic E-state index is 11.3. The first-order chi connectivity index (χ1) is 15.6. The van der Waals surface area contributed by atoms with Gasteiger partial charge in [-0.25, -0.2) is 4.98 Å². The van der Waals surface area contributed by atoms with E-state index >= 15 is 0 Å². The molecule has 8 nitrogen and oxygen atoms in total. The molecule has 0 radical (unpaired) electrons. The summed E-state index contributed by atoms with van der Waals surface area (Å²) in [5.41, 5.74) is 9.51. The first-order valence-electron chi connectivity index (χ1n) is 11.3. The third kappa shape index (κ3) is 4.77. The SMILES string of the molecule is CC(=O)NC1CCN(Cc2coc3cc(Oc4ccc(C5CCNN5)cn4)ccc23)CC1. The number of ether oxygens (including phenoxy) is 1. The molecule has 0 saturated carbocycles. The fourth-order valence-corrected chi connectivity index (χ4v) is 4.53. The zero-order chi connectivity index (χ0) is 21.9. The number of hydrogen-bond donors (Lipinski definition) is 3. The minimum atomic E-state index is 0.0524. The number of fused-ring (bicyclic) bond motifs is 1. The molecule has 8 heteroatoms. The third-order valence-electron chi connectivity index (χ3n) is 6.23. The maximum atomic E-state index is 11.3. The Labute approximate surface area is 187 Å². The standard InChI is InChI=1S/C24H29N5O3/c1-16(30)27-19-7-10-29(11-8-19)14-18-15-31-23-12-20(3-4-21(18)23)32-24-5-2-17(13-25-24)22-6-9-26-28-22/h2-5,12-13,15,19,22,26,28H,6-11,14H2,1H3,(H,27,30). The molecule has 1 atom stereocenters. The van der Waals surface area contributed by atoms with Crippen molar-refractivity contribution in [3.8, 4) is 11.6 Å². The summed E-state index contributed by atoms with van der Waals surface area (Å²) in [6, 6.07) is 10.5. The van der Waals surface area contributed by atoms with E-state index in [1.54, 1.807) is 6.92 Å². The zero-order valence-electron chi connectivity index (χ0n) is 18.3. The molecule has 1 aromatic carbocycles. The van der Waals surface area contributed by atoms with Gasteiger partial charge in [-0.3, -0.25) is 20.5 Å². The predicted octanol–water partition coefficient (Wildman–Crippen LogP) is 3.26. The molecule has 0 aliphatic carbocycles. The van der Waals surface area contributed by atoms with Crippen LogP contribution in [0.3, 0.4) is 0 Å². The Balaban J connectivity index is 1.21. The molecule has 2 aliphatic rings. The lowest BCUT2D eigenvalue weighted by Gasteiger charge is -2.31. The second-order valence-electron chi connectivity index (χ2n) is 8.61. The van der Waals surface area contributed by atoms with Crippen LogP contribution >= 0.6 is 0 Å². The number of aromatic nitrogens is 1. The smallest absolute Gasteiger partial charge is 0.219 e. The summed E-state index contributed by atoms with van der Waals surface area (Å²) in [5.74, 6) is 1.32. The Morgan fingerprint density at radius 2 is 2.12 bits per heavy atom. The fraction of sp³-hybridized carbons (Fsp3) is 0.417. The van der Waals surface area contributed by atoms with Crippen LogP contribution in [0.5, 0.6) is 11.6 Å². The largest absolute Gasteiger partial charge is 0.464 e. The second kappa shape index (κ2) is 9.28. The Bertz CT molecular complexity index is 1070. The predicted molar refractivity (Wildman–Crippen MR) is 121 cm³/mol. The van der Waals surface area contributed by atoms with Crippen molar-refractivity contribution in [3.63, 3.8) is 0 Å². The first kappa shape index (κ1) is 20.9. The highest BCUT2D eigenvalue weighted by atomic mass is 16.5. The first-order valence-corrected chi connectivity index (χ1v) is 11.3. The monoisotopic (exact) mass is 435 g/mol. The van der Waals surface area contributed by atoms with E-state index in [4.69, 9.17) is 9.15 Å². The van der Waals surface area contributed by atoms with Gasteiger partial charge in [0, 0.05) is 74.5 Å². The van der Waals surface area contributed by atoms with Gasteiger partial charge in [-0.05, 0) is 37.0 Å². The van der Waals surface area contributed by atoms with Gasteiger partial charge in [0.05, 0.1) is 6.26 Å². The lowest BCUT2D eigenvalue weighted by atomic mass is 10.0. The van der Waals surface area contributed by atoms with E-state index in [0.717, 1.165) is 62.0 Å². The number of rotatable bonds is 6. The second-order valence-corrected chi connectivity index (χ2v) is 8.61. The number of pyridine rings is 1. The van der Waals surface area contributed by atoms with E-state index in [0.29, 0.717) is 23.7 Å². The molecule has 2 aliphatic heterocycles. The Morgan fingerprint density at radius 1 is 1.25 bits per heavy atom. The van der Waals surface area contributed by atoms with Crippen LogP contribution in [0.1, 0.15) is 43.4 Å². The van der Waals surface area contributed by atoms with Crippen molar-refractivity contribution in [3.05, 3.63) is 53.9 Å². The summed E-state index contributed by atoms with van der Waals surface area (Å²) >= 11 is 0. The van der Waals surface area contributed by atoms with E-state index < -0.39 is 0 Å². The maximum Gasteiger partial charge on any atom is 0.219 e. The molecule has 3 aromatic rings. The van der Waals surface area contributed by atoms with Crippen LogP contribution in [0.15, 0.2) is 47.2 Å². The van der Waals surface area contributed by atoms with Gasteiger partial charge in [0.1, 0.15) is 11.3 Å². The lowest BCUT2D eigenvalue weighted by molar-refractivity contribution is -0.119. The number of likely N-dealkylation sites (tertiary alicyclic amines) is 1. The number of carbonyl (C=O) groups excluding carboxylic acids is 1. The van der Waals surface area contributed by atoms with Crippen LogP contribution in [-0.4, -0.2) is 41.5 Å². The number of nitrogens with zero attached hydrogens (tertiary/aromatic N) is 2. The number of piperidine rings is 1. The number of hydrazine groups is 1. The van der Waals surface area contributed by atoms with Gasteiger partial charge in [-0.1, -0.05) is 6.07 Å². The van der Waals surface area contributed by atoms with E-state index in [1.165, 1.54) is 5.56 Å². The molecule has 5 rings (SSSR count). The van der Waals surface area contributed by atoms with Crippen LogP contribution in [0.2, 0.25) is 0 Å². The van der Waals surface area contributed by atoms with Gasteiger partial charge in [0.25, 0.3) is 0 Å². The van der Waals surface area contributed by atoms with Crippen molar-refractivity contribution in [1.29, 1.82) is 0 Å².